The van der Waals surface area contributed by atoms with Gasteiger partial charge in [0.15, 0.2) is 5.82 Å². The number of methoxy groups -OCH3 is 1. The molecule has 0 spiro atoms. The predicted molar refractivity (Wildman–Crippen MR) is 93.9 cm³/mol. The number of benzene rings is 1. The van der Waals surface area contributed by atoms with Crippen molar-refractivity contribution in [3.8, 4) is 28.7 Å². The van der Waals surface area contributed by atoms with Crippen molar-refractivity contribution in [2.75, 3.05) is 13.7 Å². The number of nitrogens with zero attached hydrogens (tertiary/aromatic N) is 5. The normalized spacial score (nSPS) is 12.9. The van der Waals surface area contributed by atoms with Crippen LogP contribution in [0.5, 0.6) is 5.75 Å². The lowest BCUT2D eigenvalue weighted by atomic mass is 10.1. The first kappa shape index (κ1) is 16.3. The molecule has 0 aliphatic carbocycles. The highest BCUT2D eigenvalue weighted by molar-refractivity contribution is 5.91. The Bertz CT molecular complexity index is 973. The van der Waals surface area contributed by atoms with Crippen molar-refractivity contribution >= 4 is 5.97 Å². The van der Waals surface area contributed by atoms with Crippen molar-refractivity contribution in [1.82, 2.24) is 24.3 Å². The molecule has 0 unspecified atom stereocenters. The van der Waals surface area contributed by atoms with Crippen molar-refractivity contribution in [2.24, 2.45) is 0 Å². The number of hydrogen-bond acceptors (Lipinski definition) is 6. The van der Waals surface area contributed by atoms with Gasteiger partial charge in [-0.25, -0.2) is 19.4 Å². The van der Waals surface area contributed by atoms with Gasteiger partial charge in [-0.2, -0.15) is 5.10 Å². The molecular weight excluding hydrogens is 334 g/mol. The third kappa shape index (κ3) is 2.63. The van der Waals surface area contributed by atoms with Crippen LogP contribution in [-0.4, -0.2) is 44.0 Å². The van der Waals surface area contributed by atoms with Crippen LogP contribution < -0.4 is 4.74 Å². The zero-order valence-corrected chi connectivity index (χ0v) is 14.8. The maximum Gasteiger partial charge on any atom is 0.337 e. The standard InChI is InChI=1S/C18H19N5O3/c1-11(2)23-17(19-10-20-23)14-9-22-6-7-26-15-8-12(18(24)25-3)4-5-13(15)16(22)21-14/h4-5,8-11H,6-7H2,1-3H3. The Labute approximate surface area is 150 Å². The van der Waals surface area contributed by atoms with Crippen LogP contribution in [0.3, 0.4) is 0 Å². The highest BCUT2D eigenvalue weighted by Gasteiger charge is 2.22. The summed E-state index contributed by atoms with van der Waals surface area (Å²) in [5.74, 6) is 1.74. The van der Waals surface area contributed by atoms with E-state index in [1.807, 2.05) is 21.5 Å². The number of imidazole rings is 1. The van der Waals surface area contributed by atoms with Gasteiger partial charge in [0, 0.05) is 12.2 Å². The van der Waals surface area contributed by atoms with E-state index in [-0.39, 0.29) is 6.04 Å². The Hall–Kier alpha value is -3.16. The third-order valence-electron chi connectivity index (χ3n) is 4.30. The zero-order chi connectivity index (χ0) is 18.3. The number of ether oxygens (including phenoxy) is 2. The number of fused-ring (bicyclic) bond motifs is 3. The van der Waals surface area contributed by atoms with Gasteiger partial charge in [0.2, 0.25) is 0 Å². The Morgan fingerprint density at radius 1 is 1.31 bits per heavy atom. The molecule has 8 nitrogen and oxygen atoms in total. The molecule has 0 bridgehead atoms. The molecule has 3 aromatic rings. The van der Waals surface area contributed by atoms with E-state index in [1.54, 1.807) is 18.5 Å². The molecule has 3 heterocycles. The quantitative estimate of drug-likeness (QED) is 0.673. The van der Waals surface area contributed by atoms with Gasteiger partial charge in [0.25, 0.3) is 0 Å². The molecule has 0 fully saturated rings. The molecule has 1 aliphatic heterocycles. The Morgan fingerprint density at radius 2 is 2.15 bits per heavy atom. The van der Waals surface area contributed by atoms with E-state index in [0.29, 0.717) is 24.5 Å². The van der Waals surface area contributed by atoms with E-state index in [2.05, 4.69) is 23.9 Å². The molecule has 1 aromatic carbocycles. The molecule has 1 aliphatic rings. The van der Waals surface area contributed by atoms with Crippen molar-refractivity contribution < 1.29 is 14.3 Å². The molecule has 0 N–H and O–H groups in total. The van der Waals surface area contributed by atoms with Crippen LogP contribution in [0, 0.1) is 0 Å². The van der Waals surface area contributed by atoms with Gasteiger partial charge in [-0.15, -0.1) is 0 Å². The van der Waals surface area contributed by atoms with Crippen LogP contribution in [0.2, 0.25) is 0 Å². The van der Waals surface area contributed by atoms with Crippen molar-refractivity contribution in [2.45, 2.75) is 26.4 Å². The van der Waals surface area contributed by atoms with E-state index < -0.39 is 5.97 Å². The zero-order valence-electron chi connectivity index (χ0n) is 14.8. The third-order valence-corrected chi connectivity index (χ3v) is 4.30. The summed E-state index contributed by atoms with van der Waals surface area (Å²) in [6, 6.07) is 5.44. The lowest BCUT2D eigenvalue weighted by Gasteiger charge is -2.08. The minimum atomic E-state index is -0.394. The van der Waals surface area contributed by atoms with Crippen molar-refractivity contribution in [3.63, 3.8) is 0 Å². The largest absolute Gasteiger partial charge is 0.491 e. The predicted octanol–water partition coefficient (Wildman–Crippen LogP) is 2.57. The molecular formula is C18H19N5O3. The number of rotatable bonds is 3. The van der Waals surface area contributed by atoms with E-state index in [1.165, 1.54) is 7.11 Å². The molecule has 134 valence electrons. The van der Waals surface area contributed by atoms with E-state index in [4.69, 9.17) is 14.5 Å². The van der Waals surface area contributed by atoms with Crippen molar-refractivity contribution in [1.29, 1.82) is 0 Å². The summed E-state index contributed by atoms with van der Waals surface area (Å²) in [6.45, 7) is 5.24. The fourth-order valence-electron chi connectivity index (χ4n) is 3.05. The molecule has 8 heteroatoms. The smallest absolute Gasteiger partial charge is 0.337 e. The van der Waals surface area contributed by atoms with Gasteiger partial charge < -0.3 is 14.0 Å². The topological polar surface area (TPSA) is 84.1 Å². The Balaban J connectivity index is 1.80. The lowest BCUT2D eigenvalue weighted by Crippen LogP contribution is -2.06. The van der Waals surface area contributed by atoms with Crippen LogP contribution in [0.15, 0.2) is 30.7 Å². The highest BCUT2D eigenvalue weighted by atomic mass is 16.5. The molecule has 2 aromatic heterocycles. The number of hydrogen-bond donors (Lipinski definition) is 0. The fourth-order valence-corrected chi connectivity index (χ4v) is 3.05. The molecule has 0 amide bonds. The van der Waals surface area contributed by atoms with Gasteiger partial charge in [0.05, 0.1) is 24.8 Å². The summed E-state index contributed by atoms with van der Waals surface area (Å²) >= 11 is 0. The summed E-state index contributed by atoms with van der Waals surface area (Å²) in [6.07, 6.45) is 3.50. The van der Waals surface area contributed by atoms with Gasteiger partial charge >= 0.3 is 5.97 Å². The van der Waals surface area contributed by atoms with Crippen LogP contribution >= 0.6 is 0 Å². The lowest BCUT2D eigenvalue weighted by molar-refractivity contribution is 0.0600. The first-order chi connectivity index (χ1) is 12.6. The average Bonchev–Trinajstić information content (AvgIpc) is 3.25. The number of aromatic nitrogens is 5. The second-order valence-electron chi connectivity index (χ2n) is 6.32. The molecule has 0 radical (unpaired) electrons. The van der Waals surface area contributed by atoms with Gasteiger partial charge in [-0.05, 0) is 32.0 Å². The molecule has 0 saturated carbocycles. The van der Waals surface area contributed by atoms with E-state index in [9.17, 15) is 4.79 Å². The van der Waals surface area contributed by atoms with Crippen LogP contribution in [-0.2, 0) is 11.3 Å². The van der Waals surface area contributed by atoms with Crippen LogP contribution in [0.25, 0.3) is 22.9 Å². The van der Waals surface area contributed by atoms with Crippen LogP contribution in [0.1, 0.15) is 30.2 Å². The number of esters is 1. The average molecular weight is 353 g/mol. The van der Waals surface area contributed by atoms with E-state index >= 15 is 0 Å². The minimum Gasteiger partial charge on any atom is -0.491 e. The Morgan fingerprint density at radius 3 is 2.92 bits per heavy atom. The van der Waals surface area contributed by atoms with Crippen LogP contribution in [0.4, 0.5) is 0 Å². The van der Waals surface area contributed by atoms with Gasteiger partial charge in [-0.1, -0.05) is 0 Å². The minimum absolute atomic E-state index is 0.187. The number of carbonyl (C=O) groups is 1. The SMILES string of the molecule is COC(=O)c1ccc2c(c1)OCCn1cc(-c3ncnn3C(C)C)nc1-2. The molecule has 4 rings (SSSR count). The maximum atomic E-state index is 11.8. The summed E-state index contributed by atoms with van der Waals surface area (Å²) in [7, 11) is 1.36. The van der Waals surface area contributed by atoms with Gasteiger partial charge in [-0.3, -0.25) is 0 Å². The monoisotopic (exact) mass is 353 g/mol. The molecule has 0 atom stereocenters. The van der Waals surface area contributed by atoms with E-state index in [0.717, 1.165) is 22.9 Å². The first-order valence-corrected chi connectivity index (χ1v) is 8.41. The Kier molecular flexibility index (Phi) is 3.95. The second kappa shape index (κ2) is 6.29. The molecule has 0 saturated heterocycles. The summed E-state index contributed by atoms with van der Waals surface area (Å²) in [4.78, 5) is 20.9. The highest BCUT2D eigenvalue weighted by Crippen LogP contribution is 2.34. The summed E-state index contributed by atoms with van der Waals surface area (Å²) < 4.78 is 14.5. The second-order valence-corrected chi connectivity index (χ2v) is 6.32. The summed E-state index contributed by atoms with van der Waals surface area (Å²) in [5, 5.41) is 4.28. The number of carbonyl (C=O) groups excluding carboxylic acids is 1. The first-order valence-electron chi connectivity index (χ1n) is 8.41. The fraction of sp³-hybridized carbons (Fsp3) is 0.333. The maximum absolute atomic E-state index is 11.8. The summed E-state index contributed by atoms with van der Waals surface area (Å²) in [5.41, 5.74) is 2.04. The molecule has 26 heavy (non-hydrogen) atoms. The van der Waals surface area contributed by atoms with Gasteiger partial charge in [0.1, 0.15) is 30.2 Å². The van der Waals surface area contributed by atoms with Crippen molar-refractivity contribution in [3.05, 3.63) is 36.3 Å².